The summed E-state index contributed by atoms with van der Waals surface area (Å²) < 4.78 is 8.88. The first kappa shape index (κ1) is 22.5. The van der Waals surface area contributed by atoms with Crippen molar-refractivity contribution in [1.29, 1.82) is 0 Å². The van der Waals surface area contributed by atoms with E-state index in [1.165, 1.54) is 0 Å². The summed E-state index contributed by atoms with van der Waals surface area (Å²) in [5.74, 6) is 0. The third kappa shape index (κ3) is 63.6. The second-order valence-electron chi connectivity index (χ2n) is 0.513. The zero-order valence-corrected chi connectivity index (χ0v) is 6.05. The fraction of sp³-hybridized carbons (Fsp3) is 0. The molecule has 0 amide bonds. The van der Waals surface area contributed by atoms with Gasteiger partial charge < -0.3 is 14.7 Å². The van der Waals surface area contributed by atoms with Crippen molar-refractivity contribution in [2.45, 2.75) is 0 Å². The maximum absolute atomic E-state index is 8.88. The molecule has 0 atom stereocenters. The van der Waals surface area contributed by atoms with E-state index in [-0.39, 0.29) is 87.0 Å². The van der Waals surface area contributed by atoms with Gasteiger partial charge in [0.25, 0.3) is 0 Å². The number of phosphoric acid groups is 1. The molecule has 0 radical (unpaired) electrons. The molecule has 0 unspecified atom stereocenters. The molecule has 0 bridgehead atoms. The van der Waals surface area contributed by atoms with Crippen LogP contribution in [-0.4, -0.2) is 75.5 Å². The maximum Gasteiger partial charge on any atom is 0.316 e. The van der Waals surface area contributed by atoms with Crippen LogP contribution in [0.5, 0.6) is 0 Å². The molecule has 0 saturated heterocycles. The van der Waals surface area contributed by atoms with Crippen molar-refractivity contribution in [2.75, 3.05) is 0 Å². The average Bonchev–Trinajstić information content (AvgIpc) is 0.722. The molecule has 0 saturated carbocycles. The molecule has 0 rings (SSSR count). The van der Waals surface area contributed by atoms with Gasteiger partial charge in [0.05, 0.1) is 0 Å². The predicted octanol–water partition coefficient (Wildman–Crippen LogP) is -2.76. The van der Waals surface area contributed by atoms with E-state index in [0.717, 1.165) is 0 Å². The van der Waals surface area contributed by atoms with Crippen molar-refractivity contribution in [3.05, 3.63) is 0 Å². The van der Waals surface area contributed by atoms with E-state index in [9.17, 15) is 0 Å². The number of hydrogen-bond donors (Lipinski definition) is 3. The molecule has 44 valence electrons. The molecule has 0 aliphatic rings. The zero-order valence-electron chi connectivity index (χ0n) is 2.70. The SMILES string of the molecule is O=P(O)(O)O.[CaH2].[MgH2].[Zr]. The third-order valence-corrected chi connectivity index (χ3v) is 0. The standard InChI is InChI=1S/Ca.Mg.H3O4P.Zr.4H/c;;1-5(2,3)4;;;;;/h;;(H3,1,2,3,4);;;;;. The molecule has 8 heavy (non-hydrogen) atoms. The quantitative estimate of drug-likeness (QED) is 0.325. The molecule has 8 heteroatoms. The van der Waals surface area contributed by atoms with E-state index in [2.05, 4.69) is 0 Å². The van der Waals surface area contributed by atoms with E-state index in [0.29, 0.717) is 0 Å². The third-order valence-electron chi connectivity index (χ3n) is 0. The van der Waals surface area contributed by atoms with E-state index in [1.807, 2.05) is 0 Å². The molecular weight excluding hydrogens is 251 g/mol. The summed E-state index contributed by atoms with van der Waals surface area (Å²) in [4.78, 5) is 21.6. The fourth-order valence-electron chi connectivity index (χ4n) is 0. The van der Waals surface area contributed by atoms with Gasteiger partial charge in [0.2, 0.25) is 0 Å². The van der Waals surface area contributed by atoms with Gasteiger partial charge in [-0.2, -0.15) is 0 Å². The van der Waals surface area contributed by atoms with Gasteiger partial charge in [-0.1, -0.05) is 0 Å². The zero-order chi connectivity index (χ0) is 4.50. The van der Waals surface area contributed by atoms with Gasteiger partial charge in [0, 0.05) is 26.2 Å². The van der Waals surface area contributed by atoms with Crippen LogP contribution < -0.4 is 0 Å². The number of hydrogen-bond acceptors (Lipinski definition) is 1. The summed E-state index contributed by atoms with van der Waals surface area (Å²) in [5, 5.41) is 0. The van der Waals surface area contributed by atoms with E-state index in [1.54, 1.807) is 0 Å². The van der Waals surface area contributed by atoms with Crippen molar-refractivity contribution in [2.24, 2.45) is 0 Å². The predicted molar refractivity (Wildman–Crippen MR) is 31.4 cm³/mol. The number of rotatable bonds is 0. The average molecular weight is 258 g/mol. The minimum absolute atomic E-state index is 0. The molecule has 4 nitrogen and oxygen atoms in total. The summed E-state index contributed by atoms with van der Waals surface area (Å²) in [5.41, 5.74) is 0. The Balaban J connectivity index is -0.0000000267. The van der Waals surface area contributed by atoms with E-state index < -0.39 is 7.82 Å². The Bertz CT molecular complexity index is 62.2. The first-order valence-electron chi connectivity index (χ1n) is 0.783. The van der Waals surface area contributed by atoms with E-state index in [4.69, 9.17) is 19.2 Å². The first-order valence-corrected chi connectivity index (χ1v) is 2.35. The first-order chi connectivity index (χ1) is 2.00. The van der Waals surface area contributed by atoms with Crippen LogP contribution in [-0.2, 0) is 30.8 Å². The van der Waals surface area contributed by atoms with Crippen molar-refractivity contribution < 1.29 is 45.4 Å². The Morgan fingerprint density at radius 2 is 1.12 bits per heavy atom. The summed E-state index contributed by atoms with van der Waals surface area (Å²) in [7, 11) is -4.64. The second-order valence-corrected chi connectivity index (χ2v) is 1.54. The van der Waals surface area contributed by atoms with Crippen LogP contribution >= 0.6 is 7.82 Å². The molecule has 0 aliphatic carbocycles. The molecule has 0 aromatic rings. The van der Waals surface area contributed by atoms with Gasteiger partial charge in [-0.15, -0.1) is 0 Å². The topological polar surface area (TPSA) is 77.8 Å². The second kappa shape index (κ2) is 10.0. The Morgan fingerprint density at radius 1 is 1.12 bits per heavy atom. The summed E-state index contributed by atoms with van der Waals surface area (Å²) in [6.45, 7) is 0. The summed E-state index contributed by atoms with van der Waals surface area (Å²) in [6, 6.07) is 0. The van der Waals surface area contributed by atoms with Crippen LogP contribution in [0.15, 0.2) is 0 Å². The van der Waals surface area contributed by atoms with Gasteiger partial charge in [-0.25, -0.2) is 4.57 Å². The molecule has 0 aromatic carbocycles. The smallest absolute Gasteiger partial charge is 0 e. The van der Waals surface area contributed by atoms with Crippen molar-refractivity contribution >= 4 is 68.6 Å². The minimum atomic E-state index is -4.64. The fourth-order valence-corrected chi connectivity index (χ4v) is 0. The van der Waals surface area contributed by atoms with Gasteiger partial charge >= 0.3 is 68.6 Å². The van der Waals surface area contributed by atoms with Crippen LogP contribution in [0.4, 0.5) is 0 Å². The monoisotopic (exact) mass is 256 g/mol. The Hall–Kier alpha value is 3.02. The Morgan fingerprint density at radius 3 is 1.12 bits per heavy atom. The van der Waals surface area contributed by atoms with Crippen molar-refractivity contribution in [3.63, 3.8) is 0 Å². The normalized spacial score (nSPS) is 7.38. The molecule has 0 fully saturated rings. The molecule has 0 aliphatic heterocycles. The molecular formula is H7CaMgO4PZr. The molecule has 0 aromatic heterocycles. The van der Waals surface area contributed by atoms with Crippen molar-refractivity contribution in [1.82, 2.24) is 0 Å². The van der Waals surface area contributed by atoms with Crippen molar-refractivity contribution in [3.8, 4) is 0 Å². The van der Waals surface area contributed by atoms with E-state index >= 15 is 0 Å². The van der Waals surface area contributed by atoms with Gasteiger partial charge in [0.15, 0.2) is 0 Å². The van der Waals surface area contributed by atoms with Crippen LogP contribution in [0.1, 0.15) is 0 Å². The van der Waals surface area contributed by atoms with Gasteiger partial charge in [-0.05, 0) is 0 Å². The molecule has 0 heterocycles. The Labute approximate surface area is 112 Å². The van der Waals surface area contributed by atoms with Crippen LogP contribution in [0, 0.1) is 0 Å². The molecule has 0 spiro atoms. The van der Waals surface area contributed by atoms with Crippen LogP contribution in [0.25, 0.3) is 0 Å². The largest absolute Gasteiger partial charge is 0.316 e. The summed E-state index contributed by atoms with van der Waals surface area (Å²) >= 11 is 0. The van der Waals surface area contributed by atoms with Gasteiger partial charge in [-0.3, -0.25) is 0 Å². The Kier molecular flexibility index (Phi) is 28.1. The summed E-state index contributed by atoms with van der Waals surface area (Å²) in [6.07, 6.45) is 0. The molecule has 3 N–H and O–H groups in total. The van der Waals surface area contributed by atoms with Gasteiger partial charge in [0.1, 0.15) is 0 Å². The van der Waals surface area contributed by atoms with Crippen LogP contribution in [0.2, 0.25) is 0 Å². The van der Waals surface area contributed by atoms with Crippen LogP contribution in [0.3, 0.4) is 0 Å². The maximum atomic E-state index is 8.88. The minimum Gasteiger partial charge on any atom is 0 e.